The van der Waals surface area contributed by atoms with E-state index in [0.29, 0.717) is 11.8 Å². The number of oxime groups is 1. The molecule has 1 fully saturated rings. The van der Waals surface area contributed by atoms with Crippen LogP contribution >= 0.6 is 11.8 Å². The number of nitrogens with zero attached hydrogens (tertiary/aromatic N) is 2. The molecule has 110 valence electrons. The largest absolute Gasteiger partial charge is 0.409 e. The zero-order chi connectivity index (χ0) is 14.7. The maximum atomic E-state index is 9.09. The number of hydrogen-bond donors (Lipinski definition) is 2. The van der Waals surface area contributed by atoms with Crippen LogP contribution in [0.4, 0.5) is 5.69 Å². The fourth-order valence-corrected chi connectivity index (χ4v) is 3.53. The summed E-state index contributed by atoms with van der Waals surface area (Å²) >= 11 is 1.72. The van der Waals surface area contributed by atoms with Gasteiger partial charge in [-0.05, 0) is 29.7 Å². The zero-order valence-corrected chi connectivity index (χ0v) is 13.2. The van der Waals surface area contributed by atoms with Crippen LogP contribution in [0.15, 0.2) is 28.3 Å². The number of anilines is 1. The minimum Gasteiger partial charge on any atom is -0.409 e. The van der Waals surface area contributed by atoms with Crippen LogP contribution in [-0.2, 0) is 0 Å². The second kappa shape index (κ2) is 6.39. The van der Waals surface area contributed by atoms with E-state index in [1.165, 1.54) is 0 Å². The molecule has 5 heteroatoms. The van der Waals surface area contributed by atoms with Gasteiger partial charge in [0.15, 0.2) is 5.84 Å². The highest BCUT2D eigenvalue weighted by molar-refractivity contribution is 7.99. The van der Waals surface area contributed by atoms with Crippen LogP contribution in [0.3, 0.4) is 0 Å². The van der Waals surface area contributed by atoms with E-state index in [9.17, 15) is 0 Å². The Morgan fingerprint density at radius 1 is 1.40 bits per heavy atom. The van der Waals surface area contributed by atoms with Gasteiger partial charge < -0.3 is 15.8 Å². The van der Waals surface area contributed by atoms with Gasteiger partial charge in [-0.2, -0.15) is 0 Å². The first kappa shape index (κ1) is 15.0. The number of thioether (sulfide) groups is 1. The Kier molecular flexibility index (Phi) is 4.81. The van der Waals surface area contributed by atoms with E-state index in [4.69, 9.17) is 10.9 Å². The van der Waals surface area contributed by atoms with Gasteiger partial charge in [-0.15, -0.1) is 11.8 Å². The Hall–Kier alpha value is -1.36. The lowest BCUT2D eigenvalue weighted by Crippen LogP contribution is -2.25. The van der Waals surface area contributed by atoms with Gasteiger partial charge in [-0.1, -0.05) is 32.0 Å². The summed E-state index contributed by atoms with van der Waals surface area (Å²) in [4.78, 5) is 3.43. The SMILES string of the molecule is CCSc1cccc(N2CC(C)C(C)C2)c1/C(N)=N/O. The van der Waals surface area contributed by atoms with E-state index < -0.39 is 0 Å². The third-order valence-corrected chi connectivity index (χ3v) is 4.94. The van der Waals surface area contributed by atoms with Crippen LogP contribution < -0.4 is 10.6 Å². The van der Waals surface area contributed by atoms with Crippen LogP contribution in [-0.4, -0.2) is 29.9 Å². The molecular formula is C15H23N3OS. The first-order valence-electron chi connectivity index (χ1n) is 7.07. The van der Waals surface area contributed by atoms with Crippen molar-refractivity contribution in [3.05, 3.63) is 23.8 Å². The fraction of sp³-hybridized carbons (Fsp3) is 0.533. The number of nitrogens with two attached hydrogens (primary N) is 1. The highest BCUT2D eigenvalue weighted by Gasteiger charge is 2.28. The van der Waals surface area contributed by atoms with E-state index in [2.05, 4.69) is 43.0 Å². The summed E-state index contributed by atoms with van der Waals surface area (Å²) in [6.07, 6.45) is 0. The summed E-state index contributed by atoms with van der Waals surface area (Å²) in [6.45, 7) is 8.70. The summed E-state index contributed by atoms with van der Waals surface area (Å²) in [6, 6.07) is 6.15. The molecule has 1 saturated heterocycles. The molecular weight excluding hydrogens is 270 g/mol. The smallest absolute Gasteiger partial charge is 0.173 e. The maximum Gasteiger partial charge on any atom is 0.173 e. The highest BCUT2D eigenvalue weighted by atomic mass is 32.2. The van der Waals surface area contributed by atoms with Crippen LogP contribution in [0.1, 0.15) is 26.3 Å². The third kappa shape index (κ3) is 2.87. The predicted octanol–water partition coefficient (Wildman–Crippen LogP) is 2.99. The third-order valence-electron chi connectivity index (χ3n) is 4.00. The standard InChI is InChI=1S/C15H23N3OS/c1-4-20-13-7-5-6-12(14(13)15(16)17-19)18-8-10(2)11(3)9-18/h5-7,10-11,19H,4,8-9H2,1-3H3,(H2,16,17). The minimum absolute atomic E-state index is 0.198. The van der Waals surface area contributed by atoms with E-state index in [1.807, 2.05) is 6.07 Å². The van der Waals surface area contributed by atoms with Crippen molar-refractivity contribution in [3.8, 4) is 0 Å². The van der Waals surface area contributed by atoms with E-state index in [-0.39, 0.29) is 5.84 Å². The van der Waals surface area contributed by atoms with Crippen molar-refractivity contribution < 1.29 is 5.21 Å². The van der Waals surface area contributed by atoms with Crippen LogP contribution in [0.5, 0.6) is 0 Å². The number of hydrogen-bond acceptors (Lipinski definition) is 4. The molecule has 0 spiro atoms. The first-order valence-corrected chi connectivity index (χ1v) is 8.05. The Morgan fingerprint density at radius 3 is 2.60 bits per heavy atom. The van der Waals surface area contributed by atoms with Gasteiger partial charge in [0, 0.05) is 23.7 Å². The molecule has 4 nitrogen and oxygen atoms in total. The topological polar surface area (TPSA) is 61.8 Å². The van der Waals surface area contributed by atoms with Crippen molar-refractivity contribution in [2.24, 2.45) is 22.7 Å². The lowest BCUT2D eigenvalue weighted by Gasteiger charge is -2.23. The summed E-state index contributed by atoms with van der Waals surface area (Å²) in [7, 11) is 0. The summed E-state index contributed by atoms with van der Waals surface area (Å²) in [5.41, 5.74) is 7.87. The van der Waals surface area contributed by atoms with Gasteiger partial charge in [-0.3, -0.25) is 0 Å². The molecule has 1 aliphatic heterocycles. The van der Waals surface area contributed by atoms with Gasteiger partial charge in [0.25, 0.3) is 0 Å². The van der Waals surface area contributed by atoms with Crippen LogP contribution in [0, 0.1) is 11.8 Å². The Bertz CT molecular complexity index is 494. The molecule has 0 aliphatic carbocycles. The number of benzene rings is 1. The monoisotopic (exact) mass is 293 g/mol. The second-order valence-corrected chi connectivity index (χ2v) is 6.73. The van der Waals surface area contributed by atoms with Crippen molar-refractivity contribution in [2.75, 3.05) is 23.7 Å². The van der Waals surface area contributed by atoms with E-state index >= 15 is 0 Å². The molecule has 1 heterocycles. The fourth-order valence-electron chi connectivity index (χ4n) is 2.69. The van der Waals surface area contributed by atoms with Gasteiger partial charge in [0.05, 0.1) is 5.56 Å². The average molecular weight is 293 g/mol. The summed E-state index contributed by atoms with van der Waals surface area (Å²) in [5, 5.41) is 12.3. The van der Waals surface area contributed by atoms with Crippen molar-refractivity contribution in [1.82, 2.24) is 0 Å². The Morgan fingerprint density at radius 2 is 2.05 bits per heavy atom. The van der Waals surface area contributed by atoms with Gasteiger partial charge in [0.2, 0.25) is 0 Å². The summed E-state index contributed by atoms with van der Waals surface area (Å²) in [5.74, 6) is 2.49. The molecule has 0 bridgehead atoms. The Labute approximate surface area is 125 Å². The molecule has 1 aromatic carbocycles. The van der Waals surface area contributed by atoms with Gasteiger partial charge in [-0.25, -0.2) is 0 Å². The quantitative estimate of drug-likeness (QED) is 0.294. The molecule has 1 aliphatic rings. The molecule has 1 aromatic rings. The van der Waals surface area contributed by atoms with Crippen molar-refractivity contribution in [3.63, 3.8) is 0 Å². The first-order chi connectivity index (χ1) is 9.58. The van der Waals surface area contributed by atoms with Gasteiger partial charge >= 0.3 is 0 Å². The normalized spacial score (nSPS) is 23.4. The van der Waals surface area contributed by atoms with Crippen molar-refractivity contribution >= 4 is 23.3 Å². The van der Waals surface area contributed by atoms with Crippen LogP contribution in [0.25, 0.3) is 0 Å². The van der Waals surface area contributed by atoms with Crippen LogP contribution in [0.2, 0.25) is 0 Å². The van der Waals surface area contributed by atoms with E-state index in [0.717, 1.165) is 35.0 Å². The molecule has 2 rings (SSSR count). The van der Waals surface area contributed by atoms with Gasteiger partial charge in [0.1, 0.15) is 0 Å². The maximum absolute atomic E-state index is 9.09. The molecule has 2 atom stereocenters. The molecule has 0 aromatic heterocycles. The highest BCUT2D eigenvalue weighted by Crippen LogP contribution is 2.34. The molecule has 0 amide bonds. The predicted molar refractivity (Wildman–Crippen MR) is 85.9 cm³/mol. The number of amidine groups is 1. The average Bonchev–Trinajstić information content (AvgIpc) is 2.78. The number of rotatable bonds is 4. The minimum atomic E-state index is 0.198. The molecule has 3 N–H and O–H groups in total. The zero-order valence-electron chi connectivity index (χ0n) is 12.3. The molecule has 0 saturated carbocycles. The molecule has 20 heavy (non-hydrogen) atoms. The van der Waals surface area contributed by atoms with E-state index in [1.54, 1.807) is 11.8 Å². The van der Waals surface area contributed by atoms with Crippen molar-refractivity contribution in [2.45, 2.75) is 25.7 Å². The van der Waals surface area contributed by atoms with Crippen molar-refractivity contribution in [1.29, 1.82) is 0 Å². The molecule has 0 radical (unpaired) electrons. The molecule has 2 unspecified atom stereocenters. The second-order valence-electron chi connectivity index (χ2n) is 5.43. The summed E-state index contributed by atoms with van der Waals surface area (Å²) < 4.78 is 0. The lowest BCUT2D eigenvalue weighted by molar-refractivity contribution is 0.318. The Balaban J connectivity index is 2.44. The lowest BCUT2D eigenvalue weighted by atomic mass is 10.0.